The second kappa shape index (κ2) is 6.77. The van der Waals surface area contributed by atoms with Crippen LogP contribution in [0.4, 0.5) is 0 Å². The molecular formula is C15H23N2. The zero-order valence-corrected chi connectivity index (χ0v) is 10.6. The number of nitrogens with zero attached hydrogens (tertiary/aromatic N) is 1. The molecule has 2 rings (SSSR count). The van der Waals surface area contributed by atoms with Gasteiger partial charge in [0.1, 0.15) is 0 Å². The average molecular weight is 231 g/mol. The molecule has 17 heavy (non-hydrogen) atoms. The van der Waals surface area contributed by atoms with Gasteiger partial charge in [0.05, 0.1) is 0 Å². The van der Waals surface area contributed by atoms with Crippen LogP contribution < -0.4 is 5.73 Å². The first kappa shape index (κ1) is 12.6. The monoisotopic (exact) mass is 231 g/mol. The molecule has 1 heterocycles. The highest BCUT2D eigenvalue weighted by molar-refractivity contribution is 5.23. The molecular weight excluding hydrogens is 208 g/mol. The summed E-state index contributed by atoms with van der Waals surface area (Å²) in [5, 5.41) is 0. The standard InChI is InChI=1S/C15H23N2/c16-10-8-14-4-6-15(7-5-14)9-13-17-11-2-1-3-12-17/h1,4-7H,2-3,8-13,16H2. The Labute approximate surface area is 105 Å². The molecule has 1 saturated heterocycles. The first-order valence-electron chi connectivity index (χ1n) is 6.70. The highest BCUT2D eigenvalue weighted by Gasteiger charge is 2.09. The van der Waals surface area contributed by atoms with Gasteiger partial charge in [-0.15, -0.1) is 0 Å². The Bertz CT molecular complexity index is 312. The van der Waals surface area contributed by atoms with Crippen LogP contribution >= 0.6 is 0 Å². The van der Waals surface area contributed by atoms with Gasteiger partial charge in [0.15, 0.2) is 0 Å². The fourth-order valence-corrected chi connectivity index (χ4v) is 2.35. The lowest BCUT2D eigenvalue weighted by Gasteiger charge is -2.26. The van der Waals surface area contributed by atoms with Gasteiger partial charge in [-0.05, 0) is 62.9 Å². The Balaban J connectivity index is 1.77. The van der Waals surface area contributed by atoms with Gasteiger partial charge in [0, 0.05) is 6.54 Å². The van der Waals surface area contributed by atoms with Crippen LogP contribution in [0.1, 0.15) is 24.0 Å². The van der Waals surface area contributed by atoms with Crippen LogP contribution in [0.25, 0.3) is 0 Å². The maximum atomic E-state index is 5.55. The van der Waals surface area contributed by atoms with Crippen LogP contribution in [0, 0.1) is 6.42 Å². The molecule has 1 aliphatic rings. The van der Waals surface area contributed by atoms with E-state index >= 15 is 0 Å². The molecule has 2 N–H and O–H groups in total. The lowest BCUT2D eigenvalue weighted by Crippen LogP contribution is -2.31. The predicted octanol–water partition coefficient (Wildman–Crippen LogP) is 2.03. The molecule has 0 unspecified atom stereocenters. The molecule has 1 aromatic carbocycles. The van der Waals surface area contributed by atoms with Crippen LogP contribution in [-0.2, 0) is 12.8 Å². The fraction of sp³-hybridized carbons (Fsp3) is 0.533. The fourth-order valence-electron chi connectivity index (χ4n) is 2.35. The van der Waals surface area contributed by atoms with Gasteiger partial charge in [-0.3, -0.25) is 0 Å². The minimum atomic E-state index is 0.740. The summed E-state index contributed by atoms with van der Waals surface area (Å²) in [7, 11) is 0. The van der Waals surface area contributed by atoms with Gasteiger partial charge in [0.2, 0.25) is 0 Å². The Hall–Kier alpha value is -0.860. The van der Waals surface area contributed by atoms with Gasteiger partial charge in [-0.2, -0.15) is 0 Å². The van der Waals surface area contributed by atoms with E-state index in [1.807, 2.05) is 0 Å². The first-order valence-corrected chi connectivity index (χ1v) is 6.70. The summed E-state index contributed by atoms with van der Waals surface area (Å²) in [6.07, 6.45) is 7.08. The van der Waals surface area contributed by atoms with E-state index in [4.69, 9.17) is 5.73 Å². The van der Waals surface area contributed by atoms with Gasteiger partial charge in [-0.1, -0.05) is 24.3 Å². The second-order valence-electron chi connectivity index (χ2n) is 4.81. The van der Waals surface area contributed by atoms with Crippen LogP contribution in [0.15, 0.2) is 24.3 Å². The topological polar surface area (TPSA) is 29.3 Å². The normalized spacial score (nSPS) is 17.2. The molecule has 2 heteroatoms. The zero-order chi connectivity index (χ0) is 11.9. The summed E-state index contributed by atoms with van der Waals surface area (Å²) in [5.41, 5.74) is 8.34. The lowest BCUT2D eigenvalue weighted by atomic mass is 10.1. The number of hydrogen-bond donors (Lipinski definition) is 1. The minimum absolute atomic E-state index is 0.740. The zero-order valence-electron chi connectivity index (χ0n) is 10.6. The highest BCUT2D eigenvalue weighted by Crippen LogP contribution is 2.10. The molecule has 1 aromatic rings. The molecule has 0 bridgehead atoms. The molecule has 0 aliphatic carbocycles. The summed E-state index contributed by atoms with van der Waals surface area (Å²) in [6, 6.07) is 8.93. The van der Waals surface area contributed by atoms with Crippen molar-refractivity contribution in [3.05, 3.63) is 41.8 Å². The van der Waals surface area contributed by atoms with Gasteiger partial charge < -0.3 is 10.6 Å². The van der Waals surface area contributed by atoms with Crippen LogP contribution in [0.2, 0.25) is 0 Å². The third-order valence-electron chi connectivity index (χ3n) is 3.47. The van der Waals surface area contributed by atoms with Crippen molar-refractivity contribution in [2.45, 2.75) is 25.7 Å². The number of piperidine rings is 1. The van der Waals surface area contributed by atoms with E-state index in [1.165, 1.54) is 50.0 Å². The maximum Gasteiger partial charge on any atom is 0.00218 e. The highest BCUT2D eigenvalue weighted by atomic mass is 15.1. The Morgan fingerprint density at radius 2 is 1.53 bits per heavy atom. The number of rotatable bonds is 5. The van der Waals surface area contributed by atoms with E-state index in [-0.39, 0.29) is 0 Å². The van der Waals surface area contributed by atoms with Crippen molar-refractivity contribution in [3.8, 4) is 0 Å². The predicted molar refractivity (Wildman–Crippen MR) is 72.9 cm³/mol. The van der Waals surface area contributed by atoms with Crippen LogP contribution in [-0.4, -0.2) is 31.1 Å². The molecule has 0 saturated carbocycles. The van der Waals surface area contributed by atoms with E-state index in [9.17, 15) is 0 Å². The number of hydrogen-bond acceptors (Lipinski definition) is 2. The van der Waals surface area contributed by atoms with Crippen LogP contribution in [0.3, 0.4) is 0 Å². The first-order chi connectivity index (χ1) is 8.38. The maximum absolute atomic E-state index is 5.55. The molecule has 1 fully saturated rings. The van der Waals surface area contributed by atoms with E-state index in [1.54, 1.807) is 0 Å². The average Bonchev–Trinajstić information content (AvgIpc) is 2.40. The van der Waals surface area contributed by atoms with E-state index < -0.39 is 0 Å². The van der Waals surface area contributed by atoms with E-state index in [2.05, 4.69) is 35.6 Å². The van der Waals surface area contributed by atoms with Crippen molar-refractivity contribution < 1.29 is 0 Å². The van der Waals surface area contributed by atoms with Crippen molar-refractivity contribution >= 4 is 0 Å². The molecule has 0 aromatic heterocycles. The quantitative estimate of drug-likeness (QED) is 0.840. The van der Waals surface area contributed by atoms with Gasteiger partial charge in [0.25, 0.3) is 0 Å². The van der Waals surface area contributed by atoms with Crippen molar-refractivity contribution in [3.63, 3.8) is 0 Å². The second-order valence-corrected chi connectivity index (χ2v) is 4.81. The van der Waals surface area contributed by atoms with Crippen LogP contribution in [0.5, 0.6) is 0 Å². The number of nitrogens with two attached hydrogens (primary N) is 1. The molecule has 1 aliphatic heterocycles. The SMILES string of the molecule is NCCc1ccc(CCN2CC[CH]CC2)cc1. The number of likely N-dealkylation sites (tertiary alicyclic amines) is 1. The molecule has 0 amide bonds. The van der Waals surface area contributed by atoms with Crippen molar-refractivity contribution in [1.82, 2.24) is 4.90 Å². The smallest absolute Gasteiger partial charge is 0.00218 e. The molecule has 0 spiro atoms. The van der Waals surface area contributed by atoms with Crippen molar-refractivity contribution in [1.29, 1.82) is 0 Å². The largest absolute Gasteiger partial charge is 0.330 e. The summed E-state index contributed by atoms with van der Waals surface area (Å²) in [6.45, 7) is 4.42. The van der Waals surface area contributed by atoms with E-state index in [0.29, 0.717) is 0 Å². The minimum Gasteiger partial charge on any atom is -0.330 e. The molecule has 93 valence electrons. The summed E-state index contributed by atoms with van der Waals surface area (Å²) in [4.78, 5) is 2.56. The third kappa shape index (κ3) is 4.14. The Morgan fingerprint density at radius 3 is 2.12 bits per heavy atom. The molecule has 1 radical (unpaired) electrons. The van der Waals surface area contributed by atoms with Crippen molar-refractivity contribution in [2.24, 2.45) is 5.73 Å². The van der Waals surface area contributed by atoms with E-state index in [0.717, 1.165) is 13.0 Å². The summed E-state index contributed by atoms with van der Waals surface area (Å²) < 4.78 is 0. The van der Waals surface area contributed by atoms with Gasteiger partial charge >= 0.3 is 0 Å². The molecule has 2 nitrogen and oxygen atoms in total. The third-order valence-corrected chi connectivity index (χ3v) is 3.47. The summed E-state index contributed by atoms with van der Waals surface area (Å²) in [5.74, 6) is 0. The Morgan fingerprint density at radius 1 is 0.941 bits per heavy atom. The van der Waals surface area contributed by atoms with Gasteiger partial charge in [-0.25, -0.2) is 0 Å². The summed E-state index contributed by atoms with van der Waals surface area (Å²) >= 11 is 0. The molecule has 0 atom stereocenters. The Kier molecular flexibility index (Phi) is 5.02. The lowest BCUT2D eigenvalue weighted by molar-refractivity contribution is 0.257. The van der Waals surface area contributed by atoms with Crippen molar-refractivity contribution in [2.75, 3.05) is 26.2 Å². The number of benzene rings is 1.